The zero-order chi connectivity index (χ0) is 11.1. The number of hydrogen-bond donors (Lipinski definition) is 0. The van der Waals surface area contributed by atoms with Crippen molar-refractivity contribution in [1.82, 2.24) is 9.13 Å². The van der Waals surface area contributed by atoms with Crippen LogP contribution in [0.25, 0.3) is 0 Å². The number of aryl methyl sites for hydroxylation is 1. The van der Waals surface area contributed by atoms with Crippen molar-refractivity contribution in [2.75, 3.05) is 0 Å². The summed E-state index contributed by atoms with van der Waals surface area (Å²) in [6.45, 7) is 5.86. The molecular formula is C10H16N2O2. The van der Waals surface area contributed by atoms with Crippen LogP contribution in [0.2, 0.25) is 0 Å². The van der Waals surface area contributed by atoms with Crippen LogP contribution >= 0.6 is 0 Å². The summed E-state index contributed by atoms with van der Waals surface area (Å²) in [7, 11) is 3.15. The second kappa shape index (κ2) is 3.12. The van der Waals surface area contributed by atoms with E-state index in [1.165, 1.54) is 11.6 Å². The van der Waals surface area contributed by atoms with Crippen molar-refractivity contribution in [2.24, 2.45) is 14.1 Å². The van der Waals surface area contributed by atoms with Gasteiger partial charge >= 0.3 is 5.69 Å². The fraction of sp³-hybridized carbons (Fsp3) is 0.600. The van der Waals surface area contributed by atoms with Crippen LogP contribution < -0.4 is 11.2 Å². The third-order valence-corrected chi connectivity index (χ3v) is 2.25. The van der Waals surface area contributed by atoms with Gasteiger partial charge < -0.3 is 4.57 Å². The summed E-state index contributed by atoms with van der Waals surface area (Å²) in [6, 6.07) is 0. The second-order valence-electron chi connectivity index (χ2n) is 4.55. The summed E-state index contributed by atoms with van der Waals surface area (Å²) >= 11 is 0. The van der Waals surface area contributed by atoms with Gasteiger partial charge in [-0.15, -0.1) is 0 Å². The lowest BCUT2D eigenvalue weighted by Gasteiger charge is -2.19. The number of nitrogens with zero attached hydrogens (tertiary/aromatic N) is 2. The Hall–Kier alpha value is -1.32. The maximum atomic E-state index is 11.7. The Morgan fingerprint density at radius 1 is 1.14 bits per heavy atom. The molecular weight excluding hydrogens is 180 g/mol. The predicted molar refractivity (Wildman–Crippen MR) is 55.6 cm³/mol. The number of aromatic nitrogens is 2. The van der Waals surface area contributed by atoms with E-state index < -0.39 is 0 Å². The summed E-state index contributed by atoms with van der Waals surface area (Å²) in [5.41, 5.74) is -0.0778. The first kappa shape index (κ1) is 10.8. The van der Waals surface area contributed by atoms with Crippen molar-refractivity contribution in [3.05, 3.63) is 32.6 Å². The van der Waals surface area contributed by atoms with Gasteiger partial charge in [-0.05, 0) is 5.41 Å². The second-order valence-corrected chi connectivity index (χ2v) is 4.55. The van der Waals surface area contributed by atoms with Crippen molar-refractivity contribution in [2.45, 2.75) is 26.2 Å². The Bertz CT molecular complexity index is 460. The van der Waals surface area contributed by atoms with Crippen LogP contribution in [-0.2, 0) is 19.5 Å². The Balaban J connectivity index is 3.67. The van der Waals surface area contributed by atoms with Gasteiger partial charge in [-0.25, -0.2) is 4.79 Å². The first-order valence-corrected chi connectivity index (χ1v) is 4.52. The molecule has 0 radical (unpaired) electrons. The fourth-order valence-corrected chi connectivity index (χ4v) is 1.32. The summed E-state index contributed by atoms with van der Waals surface area (Å²) < 4.78 is 2.57. The molecule has 0 aliphatic heterocycles. The molecule has 0 bridgehead atoms. The molecule has 0 aliphatic rings. The van der Waals surface area contributed by atoms with Crippen molar-refractivity contribution < 1.29 is 0 Å². The Morgan fingerprint density at radius 3 is 2.07 bits per heavy atom. The molecule has 1 heterocycles. The minimum Gasteiger partial charge on any atom is -0.303 e. The van der Waals surface area contributed by atoms with E-state index in [0.717, 1.165) is 4.57 Å². The molecule has 0 N–H and O–H groups in total. The van der Waals surface area contributed by atoms with Gasteiger partial charge in [0.2, 0.25) is 0 Å². The van der Waals surface area contributed by atoms with Gasteiger partial charge in [-0.2, -0.15) is 0 Å². The molecule has 1 aromatic rings. The maximum Gasteiger partial charge on any atom is 0.330 e. The lowest BCUT2D eigenvalue weighted by Crippen LogP contribution is -2.41. The Labute approximate surface area is 82.8 Å². The zero-order valence-electron chi connectivity index (χ0n) is 9.29. The van der Waals surface area contributed by atoms with Gasteiger partial charge in [0, 0.05) is 25.9 Å². The first-order valence-electron chi connectivity index (χ1n) is 4.52. The van der Waals surface area contributed by atoms with Gasteiger partial charge in [0.05, 0.1) is 0 Å². The summed E-state index contributed by atoms with van der Waals surface area (Å²) in [5, 5.41) is 0. The SMILES string of the molecule is Cn1cc(C(C)(C)C)c(=O)n(C)c1=O. The summed E-state index contributed by atoms with van der Waals surface area (Å²) in [4.78, 5) is 23.1. The highest BCUT2D eigenvalue weighted by molar-refractivity contribution is 5.15. The summed E-state index contributed by atoms with van der Waals surface area (Å²) in [6.07, 6.45) is 1.62. The molecule has 1 aromatic heterocycles. The highest BCUT2D eigenvalue weighted by Gasteiger charge is 2.19. The molecule has 1 rings (SSSR count). The average Bonchev–Trinajstić information content (AvgIpc) is 2.06. The quantitative estimate of drug-likeness (QED) is 0.602. The molecule has 14 heavy (non-hydrogen) atoms. The van der Waals surface area contributed by atoms with Crippen LogP contribution in [-0.4, -0.2) is 9.13 Å². The van der Waals surface area contributed by atoms with E-state index in [1.54, 1.807) is 13.2 Å². The number of hydrogen-bond acceptors (Lipinski definition) is 2. The third kappa shape index (κ3) is 1.64. The molecule has 4 nitrogen and oxygen atoms in total. The van der Waals surface area contributed by atoms with Crippen molar-refractivity contribution in [1.29, 1.82) is 0 Å². The van der Waals surface area contributed by atoms with E-state index in [1.807, 2.05) is 20.8 Å². The minimum absolute atomic E-state index is 0.208. The van der Waals surface area contributed by atoms with Crippen molar-refractivity contribution in [3.63, 3.8) is 0 Å². The van der Waals surface area contributed by atoms with Crippen LogP contribution in [0.1, 0.15) is 26.3 Å². The van der Waals surface area contributed by atoms with E-state index in [4.69, 9.17) is 0 Å². The van der Waals surface area contributed by atoms with E-state index >= 15 is 0 Å². The van der Waals surface area contributed by atoms with Crippen LogP contribution in [0.3, 0.4) is 0 Å². The molecule has 0 unspecified atom stereocenters. The highest BCUT2D eigenvalue weighted by Crippen LogP contribution is 2.16. The third-order valence-electron chi connectivity index (χ3n) is 2.25. The standard InChI is InChI=1S/C10H16N2O2/c1-10(2,3)7-6-11(4)9(14)12(5)8(7)13/h6H,1-5H3. The molecule has 4 heteroatoms. The normalized spacial score (nSPS) is 11.8. The topological polar surface area (TPSA) is 44.0 Å². The van der Waals surface area contributed by atoms with Gasteiger partial charge in [0.1, 0.15) is 0 Å². The molecule has 0 saturated heterocycles. The van der Waals surface area contributed by atoms with Crippen molar-refractivity contribution >= 4 is 0 Å². The Kier molecular flexibility index (Phi) is 2.39. The van der Waals surface area contributed by atoms with E-state index in [0.29, 0.717) is 5.56 Å². The molecule has 0 aromatic carbocycles. The van der Waals surface area contributed by atoms with Gasteiger partial charge in [0.15, 0.2) is 0 Å². The molecule has 0 spiro atoms. The lowest BCUT2D eigenvalue weighted by atomic mass is 9.89. The van der Waals surface area contributed by atoms with Crippen molar-refractivity contribution in [3.8, 4) is 0 Å². The van der Waals surface area contributed by atoms with E-state index in [9.17, 15) is 9.59 Å². The minimum atomic E-state index is -0.289. The predicted octanol–water partition coefficient (Wildman–Crippen LogP) is 0.382. The van der Waals surface area contributed by atoms with Crippen LogP contribution in [0.5, 0.6) is 0 Å². The monoisotopic (exact) mass is 196 g/mol. The number of rotatable bonds is 0. The maximum absolute atomic E-state index is 11.7. The van der Waals surface area contributed by atoms with Gasteiger partial charge in [-0.3, -0.25) is 9.36 Å². The molecule has 0 atom stereocenters. The Morgan fingerprint density at radius 2 is 1.64 bits per heavy atom. The van der Waals surface area contributed by atoms with Crippen LogP contribution in [0, 0.1) is 0 Å². The van der Waals surface area contributed by atoms with E-state index in [-0.39, 0.29) is 16.7 Å². The van der Waals surface area contributed by atoms with E-state index in [2.05, 4.69) is 0 Å². The first-order chi connectivity index (χ1) is 6.25. The molecule has 78 valence electrons. The summed E-state index contributed by atoms with van der Waals surface area (Å²) in [5.74, 6) is 0. The fourth-order valence-electron chi connectivity index (χ4n) is 1.32. The lowest BCUT2D eigenvalue weighted by molar-refractivity contribution is 0.547. The van der Waals surface area contributed by atoms with Gasteiger partial charge in [0.25, 0.3) is 5.56 Å². The largest absolute Gasteiger partial charge is 0.330 e. The van der Waals surface area contributed by atoms with Crippen LogP contribution in [0.15, 0.2) is 15.8 Å². The van der Waals surface area contributed by atoms with Gasteiger partial charge in [-0.1, -0.05) is 20.8 Å². The molecule has 0 amide bonds. The smallest absolute Gasteiger partial charge is 0.303 e. The molecule has 0 saturated carbocycles. The van der Waals surface area contributed by atoms with Crippen LogP contribution in [0.4, 0.5) is 0 Å². The zero-order valence-corrected chi connectivity index (χ0v) is 9.29. The average molecular weight is 196 g/mol. The molecule has 0 aliphatic carbocycles. The molecule has 0 fully saturated rings. The highest BCUT2D eigenvalue weighted by atomic mass is 16.2.